The lowest BCUT2D eigenvalue weighted by atomic mass is 10.1. The Kier molecular flexibility index (Phi) is 6.18. The quantitative estimate of drug-likeness (QED) is 0.405. The van der Waals surface area contributed by atoms with Gasteiger partial charge in [-0.25, -0.2) is 9.47 Å². The fourth-order valence-electron chi connectivity index (χ4n) is 3.32. The maximum atomic E-state index is 12.5. The molecule has 0 N–H and O–H groups in total. The molecule has 4 rings (SSSR count). The van der Waals surface area contributed by atoms with Crippen LogP contribution in [0.5, 0.6) is 0 Å². The van der Waals surface area contributed by atoms with E-state index in [-0.39, 0.29) is 5.69 Å². The molecule has 0 aliphatic carbocycles. The van der Waals surface area contributed by atoms with Gasteiger partial charge in [0.2, 0.25) is 0 Å². The fraction of sp³-hybridized carbons (Fsp3) is 0.350. The summed E-state index contributed by atoms with van der Waals surface area (Å²) in [7, 11) is 0. The summed E-state index contributed by atoms with van der Waals surface area (Å²) < 4.78 is 7.08. The van der Waals surface area contributed by atoms with Crippen molar-refractivity contribution < 1.29 is 4.52 Å². The smallest absolute Gasteiger partial charge is 0.360 e. The first-order valence-electron chi connectivity index (χ1n) is 9.40. The molecule has 3 heterocycles. The molecule has 29 heavy (non-hydrogen) atoms. The molecule has 0 saturated carbocycles. The van der Waals surface area contributed by atoms with E-state index in [1.807, 2.05) is 19.2 Å². The zero-order valence-electron chi connectivity index (χ0n) is 15.9. The largest absolute Gasteiger partial charge is 0.367 e. The summed E-state index contributed by atoms with van der Waals surface area (Å²) >= 11 is 13.6. The van der Waals surface area contributed by atoms with Gasteiger partial charge in [-0.2, -0.15) is 4.98 Å². The van der Waals surface area contributed by atoms with E-state index in [4.69, 9.17) is 27.7 Å². The number of aromatic nitrogens is 3. The number of thioether (sulfide) groups is 1. The lowest BCUT2D eigenvalue weighted by Gasteiger charge is -2.29. The highest BCUT2D eigenvalue weighted by Crippen LogP contribution is 2.29. The van der Waals surface area contributed by atoms with Crippen LogP contribution in [0.1, 0.15) is 30.6 Å². The van der Waals surface area contributed by atoms with Crippen LogP contribution in [0.25, 0.3) is 11.3 Å². The van der Waals surface area contributed by atoms with Crippen molar-refractivity contribution in [2.45, 2.75) is 37.0 Å². The van der Waals surface area contributed by atoms with Crippen molar-refractivity contribution in [2.75, 3.05) is 18.1 Å². The van der Waals surface area contributed by atoms with Crippen molar-refractivity contribution in [2.24, 2.45) is 0 Å². The Morgan fingerprint density at radius 2 is 1.83 bits per heavy atom. The van der Waals surface area contributed by atoms with Gasteiger partial charge in [0, 0.05) is 41.0 Å². The van der Waals surface area contributed by atoms with Gasteiger partial charge in [-0.15, -0.1) is 0 Å². The maximum Gasteiger partial charge on any atom is 0.367 e. The second kappa shape index (κ2) is 8.81. The van der Waals surface area contributed by atoms with Crippen LogP contribution in [-0.2, 0) is 5.75 Å². The van der Waals surface area contributed by atoms with Crippen molar-refractivity contribution in [3.8, 4) is 11.3 Å². The molecule has 1 saturated heterocycles. The highest BCUT2D eigenvalue weighted by atomic mass is 35.5. The van der Waals surface area contributed by atoms with Crippen LogP contribution >= 0.6 is 35.0 Å². The van der Waals surface area contributed by atoms with Crippen molar-refractivity contribution in [3.63, 3.8) is 0 Å². The Morgan fingerprint density at radius 1 is 1.10 bits per heavy atom. The number of rotatable bonds is 5. The zero-order valence-corrected chi connectivity index (χ0v) is 18.2. The van der Waals surface area contributed by atoms with Crippen molar-refractivity contribution in [3.05, 3.63) is 62.3 Å². The molecular weight excluding hydrogens is 431 g/mol. The van der Waals surface area contributed by atoms with Gasteiger partial charge in [0.05, 0.1) is 5.75 Å². The minimum Gasteiger partial charge on any atom is -0.360 e. The highest BCUT2D eigenvalue weighted by Gasteiger charge is 2.15. The SMILES string of the molecule is Cc1cn(N2CCCCC2)c(=O)nc1SCc1cc(-c2cc(Cl)cc(Cl)c2)no1. The molecule has 1 aliphatic rings. The van der Waals surface area contributed by atoms with E-state index >= 15 is 0 Å². The van der Waals surface area contributed by atoms with Gasteiger partial charge in [-0.05, 0) is 49.9 Å². The standard InChI is InChI=1S/C20H20Cl2N4O2S/c1-13-11-26(25-5-3-2-4-6-25)20(27)23-19(13)29-12-17-10-18(24-28-17)14-7-15(21)9-16(22)8-14/h7-11H,2-6,12H2,1H3. The third-order valence-corrected chi connectivity index (χ3v) is 6.30. The number of nitrogens with zero attached hydrogens (tertiary/aromatic N) is 4. The van der Waals surface area contributed by atoms with Gasteiger partial charge in [-0.3, -0.25) is 0 Å². The van der Waals surface area contributed by atoms with E-state index in [2.05, 4.69) is 15.1 Å². The van der Waals surface area contributed by atoms with Crippen molar-refractivity contribution in [1.82, 2.24) is 14.8 Å². The van der Waals surface area contributed by atoms with Crippen LogP contribution in [0.3, 0.4) is 0 Å². The summed E-state index contributed by atoms with van der Waals surface area (Å²) in [5.74, 6) is 1.20. The molecule has 1 fully saturated rings. The van der Waals surface area contributed by atoms with E-state index < -0.39 is 0 Å². The molecule has 2 aromatic heterocycles. The minimum absolute atomic E-state index is 0.244. The van der Waals surface area contributed by atoms with E-state index in [0.717, 1.165) is 37.1 Å². The predicted molar refractivity (Wildman–Crippen MR) is 117 cm³/mol. The van der Waals surface area contributed by atoms with Crippen molar-refractivity contribution in [1.29, 1.82) is 0 Å². The summed E-state index contributed by atoms with van der Waals surface area (Å²) in [5.41, 5.74) is 2.17. The lowest BCUT2D eigenvalue weighted by molar-refractivity contribution is 0.397. The van der Waals surface area contributed by atoms with Gasteiger partial charge < -0.3 is 9.53 Å². The summed E-state index contributed by atoms with van der Waals surface area (Å²) in [6.07, 6.45) is 5.30. The molecule has 0 bridgehead atoms. The van der Waals surface area contributed by atoms with Crippen LogP contribution in [-0.4, -0.2) is 27.9 Å². The topological polar surface area (TPSA) is 64.2 Å². The molecule has 3 aromatic rings. The van der Waals surface area contributed by atoms with Crippen LogP contribution in [0, 0.1) is 6.92 Å². The first-order chi connectivity index (χ1) is 14.0. The zero-order chi connectivity index (χ0) is 20.4. The first kappa shape index (κ1) is 20.3. The lowest BCUT2D eigenvalue weighted by Crippen LogP contribution is -2.46. The molecule has 0 unspecified atom stereocenters. The van der Waals surface area contributed by atoms with E-state index in [1.54, 1.807) is 22.9 Å². The average molecular weight is 451 g/mol. The molecule has 0 spiro atoms. The Morgan fingerprint density at radius 3 is 2.55 bits per heavy atom. The van der Waals surface area contributed by atoms with Crippen LogP contribution in [0.2, 0.25) is 10.0 Å². The molecule has 1 aliphatic heterocycles. The van der Waals surface area contributed by atoms with Crippen molar-refractivity contribution >= 4 is 35.0 Å². The molecule has 9 heteroatoms. The highest BCUT2D eigenvalue weighted by molar-refractivity contribution is 7.98. The molecule has 0 atom stereocenters. The van der Waals surface area contributed by atoms with Crippen LogP contribution in [0.4, 0.5) is 0 Å². The Bertz CT molecular complexity index is 1060. The third kappa shape index (κ3) is 4.79. The second-order valence-corrected chi connectivity index (χ2v) is 8.83. The Hall–Kier alpha value is -1.96. The third-order valence-electron chi connectivity index (χ3n) is 4.75. The molecule has 6 nitrogen and oxygen atoms in total. The first-order valence-corrected chi connectivity index (χ1v) is 11.1. The fourth-order valence-corrected chi connectivity index (χ4v) is 4.68. The normalized spacial score (nSPS) is 14.4. The van der Waals surface area contributed by atoms with Crippen LogP contribution in [0.15, 0.2) is 44.8 Å². The molecule has 152 valence electrons. The average Bonchev–Trinajstić information content (AvgIpc) is 3.17. The van der Waals surface area contributed by atoms with E-state index in [1.165, 1.54) is 18.2 Å². The molecule has 0 amide bonds. The van der Waals surface area contributed by atoms with Gasteiger partial charge in [0.1, 0.15) is 16.5 Å². The van der Waals surface area contributed by atoms with Crippen LogP contribution < -0.4 is 10.7 Å². The summed E-state index contributed by atoms with van der Waals surface area (Å²) in [6, 6.07) is 7.09. The van der Waals surface area contributed by atoms with Gasteiger partial charge in [0.25, 0.3) is 0 Å². The van der Waals surface area contributed by atoms with E-state index in [9.17, 15) is 4.79 Å². The Labute approximate surface area is 182 Å². The summed E-state index contributed by atoms with van der Waals surface area (Å²) in [6.45, 7) is 3.75. The number of halogens is 2. The minimum atomic E-state index is -0.244. The number of hydrogen-bond acceptors (Lipinski definition) is 6. The van der Waals surface area contributed by atoms with E-state index in [0.29, 0.717) is 32.3 Å². The monoisotopic (exact) mass is 450 g/mol. The Balaban J connectivity index is 1.47. The molecule has 0 radical (unpaired) electrons. The summed E-state index contributed by atoms with van der Waals surface area (Å²) in [4.78, 5) is 16.8. The molecular formula is C20H20Cl2N4O2S. The predicted octanol–water partition coefficient (Wildman–Crippen LogP) is 4.93. The maximum absolute atomic E-state index is 12.5. The number of piperidine rings is 1. The number of hydrogen-bond donors (Lipinski definition) is 0. The number of aryl methyl sites for hydroxylation is 1. The summed E-state index contributed by atoms with van der Waals surface area (Å²) in [5, 5.41) is 7.95. The van der Waals surface area contributed by atoms with Gasteiger partial charge >= 0.3 is 5.69 Å². The van der Waals surface area contributed by atoms with Gasteiger partial charge in [-0.1, -0.05) is 40.1 Å². The van der Waals surface area contributed by atoms with Gasteiger partial charge in [0.15, 0.2) is 0 Å². The number of benzene rings is 1. The molecule has 1 aromatic carbocycles. The second-order valence-electron chi connectivity index (χ2n) is 7.00.